The van der Waals surface area contributed by atoms with Gasteiger partial charge < -0.3 is 5.11 Å². The van der Waals surface area contributed by atoms with Crippen LogP contribution >= 0.6 is 0 Å². The molecule has 0 unspecified atom stereocenters. The van der Waals surface area contributed by atoms with Gasteiger partial charge in [0.1, 0.15) is 0 Å². The zero-order valence-corrected chi connectivity index (χ0v) is 7.39. The highest BCUT2D eigenvalue weighted by atomic mass is 16.4. The molecule has 1 heterocycles. The van der Waals surface area contributed by atoms with E-state index in [0.29, 0.717) is 0 Å². The van der Waals surface area contributed by atoms with Crippen LogP contribution in [0.5, 0.6) is 0 Å². The molecule has 1 aromatic rings. The summed E-state index contributed by atoms with van der Waals surface area (Å²) in [6, 6.07) is 2.74. The van der Waals surface area contributed by atoms with Crippen LogP contribution in [0.1, 0.15) is 13.8 Å². The van der Waals surface area contributed by atoms with E-state index in [0.717, 1.165) is 4.68 Å². The standard InChI is InChI=1S/C8H10N2O3/c1-8(2,7(12)13)10-6(11)4-3-5-9-10/h3-5H,1-2H3,(H,12,13). The molecule has 0 aliphatic heterocycles. The van der Waals surface area contributed by atoms with Crippen LogP contribution in [0.3, 0.4) is 0 Å². The highest BCUT2D eigenvalue weighted by Crippen LogP contribution is 2.09. The largest absolute Gasteiger partial charge is 0.479 e. The van der Waals surface area contributed by atoms with Crippen LogP contribution in [-0.4, -0.2) is 20.9 Å². The van der Waals surface area contributed by atoms with Gasteiger partial charge in [-0.05, 0) is 19.9 Å². The number of carbonyl (C=O) groups is 1. The Morgan fingerprint density at radius 2 is 2.23 bits per heavy atom. The van der Waals surface area contributed by atoms with E-state index in [1.807, 2.05) is 0 Å². The summed E-state index contributed by atoms with van der Waals surface area (Å²) in [6.07, 6.45) is 1.38. The molecule has 13 heavy (non-hydrogen) atoms. The van der Waals surface area contributed by atoms with Crippen molar-refractivity contribution >= 4 is 5.97 Å². The van der Waals surface area contributed by atoms with Crippen molar-refractivity contribution < 1.29 is 9.90 Å². The van der Waals surface area contributed by atoms with Crippen molar-refractivity contribution in [2.24, 2.45) is 0 Å². The molecule has 0 amide bonds. The zero-order valence-electron chi connectivity index (χ0n) is 7.39. The summed E-state index contributed by atoms with van der Waals surface area (Å²) >= 11 is 0. The van der Waals surface area contributed by atoms with Gasteiger partial charge in [-0.15, -0.1) is 0 Å². The van der Waals surface area contributed by atoms with Crippen LogP contribution < -0.4 is 5.56 Å². The van der Waals surface area contributed by atoms with E-state index in [2.05, 4.69) is 5.10 Å². The van der Waals surface area contributed by atoms with E-state index in [4.69, 9.17) is 5.11 Å². The molecule has 0 aromatic carbocycles. The summed E-state index contributed by atoms with van der Waals surface area (Å²) < 4.78 is 0.940. The molecule has 0 saturated heterocycles. The number of hydrogen-bond donors (Lipinski definition) is 1. The summed E-state index contributed by atoms with van der Waals surface area (Å²) in [6.45, 7) is 2.84. The smallest absolute Gasteiger partial charge is 0.331 e. The van der Waals surface area contributed by atoms with E-state index < -0.39 is 17.1 Å². The second-order valence-electron chi connectivity index (χ2n) is 3.14. The first-order valence-electron chi connectivity index (χ1n) is 3.74. The quantitative estimate of drug-likeness (QED) is 0.702. The Morgan fingerprint density at radius 1 is 1.62 bits per heavy atom. The molecule has 1 aromatic heterocycles. The zero-order chi connectivity index (χ0) is 10.1. The topological polar surface area (TPSA) is 72.2 Å². The van der Waals surface area contributed by atoms with Gasteiger partial charge in [-0.3, -0.25) is 4.79 Å². The first-order chi connectivity index (χ1) is 5.96. The van der Waals surface area contributed by atoms with Crippen LogP contribution in [0.25, 0.3) is 0 Å². The molecule has 5 nitrogen and oxygen atoms in total. The highest BCUT2D eigenvalue weighted by Gasteiger charge is 2.31. The van der Waals surface area contributed by atoms with Gasteiger partial charge in [-0.1, -0.05) is 0 Å². The maximum Gasteiger partial charge on any atom is 0.331 e. The Kier molecular flexibility index (Phi) is 2.18. The lowest BCUT2D eigenvalue weighted by Crippen LogP contribution is -2.43. The molecule has 0 aliphatic carbocycles. The summed E-state index contributed by atoms with van der Waals surface area (Å²) in [7, 11) is 0. The fourth-order valence-electron chi connectivity index (χ4n) is 0.868. The maximum atomic E-state index is 11.2. The van der Waals surface area contributed by atoms with Gasteiger partial charge in [-0.2, -0.15) is 5.10 Å². The first kappa shape index (κ1) is 9.44. The van der Waals surface area contributed by atoms with Crippen molar-refractivity contribution in [3.63, 3.8) is 0 Å². The van der Waals surface area contributed by atoms with Crippen LogP contribution in [0, 0.1) is 0 Å². The van der Waals surface area contributed by atoms with Crippen molar-refractivity contribution in [3.05, 3.63) is 28.7 Å². The van der Waals surface area contributed by atoms with Crippen LogP contribution in [0.4, 0.5) is 0 Å². The van der Waals surface area contributed by atoms with E-state index in [1.165, 1.54) is 32.2 Å². The average molecular weight is 182 g/mol. The van der Waals surface area contributed by atoms with Crippen molar-refractivity contribution in [2.45, 2.75) is 19.4 Å². The van der Waals surface area contributed by atoms with E-state index in [-0.39, 0.29) is 0 Å². The molecule has 0 fully saturated rings. The number of nitrogens with zero attached hydrogens (tertiary/aromatic N) is 2. The number of hydrogen-bond acceptors (Lipinski definition) is 3. The third-order valence-electron chi connectivity index (χ3n) is 1.77. The number of carboxylic acid groups (broad SMARTS) is 1. The van der Waals surface area contributed by atoms with E-state index in [1.54, 1.807) is 0 Å². The number of carboxylic acids is 1. The summed E-state index contributed by atoms with van der Waals surface area (Å²) in [4.78, 5) is 22.0. The highest BCUT2D eigenvalue weighted by molar-refractivity contribution is 5.75. The maximum absolute atomic E-state index is 11.2. The lowest BCUT2D eigenvalue weighted by Gasteiger charge is -2.19. The Bertz CT molecular complexity index is 381. The molecule has 1 N–H and O–H groups in total. The third-order valence-corrected chi connectivity index (χ3v) is 1.77. The molecule has 0 radical (unpaired) electrons. The van der Waals surface area contributed by atoms with Crippen molar-refractivity contribution in [3.8, 4) is 0 Å². The Balaban J connectivity index is 3.30. The monoisotopic (exact) mass is 182 g/mol. The van der Waals surface area contributed by atoms with Crippen LogP contribution in [0.15, 0.2) is 23.1 Å². The second kappa shape index (κ2) is 3.01. The van der Waals surface area contributed by atoms with Gasteiger partial charge in [0.25, 0.3) is 5.56 Å². The van der Waals surface area contributed by atoms with Crippen LogP contribution in [-0.2, 0) is 10.3 Å². The minimum atomic E-state index is -1.31. The lowest BCUT2D eigenvalue weighted by atomic mass is 10.1. The molecule has 0 spiro atoms. The molecular formula is C8H10N2O3. The predicted octanol–water partition coefficient (Wildman–Crippen LogP) is 0.0630. The van der Waals surface area contributed by atoms with Crippen molar-refractivity contribution in [1.82, 2.24) is 9.78 Å². The van der Waals surface area contributed by atoms with Gasteiger partial charge in [0.2, 0.25) is 0 Å². The van der Waals surface area contributed by atoms with Gasteiger partial charge in [0.05, 0.1) is 0 Å². The minimum Gasteiger partial charge on any atom is -0.479 e. The fourth-order valence-corrected chi connectivity index (χ4v) is 0.868. The number of rotatable bonds is 2. The van der Waals surface area contributed by atoms with E-state index in [9.17, 15) is 9.59 Å². The van der Waals surface area contributed by atoms with Gasteiger partial charge in [0, 0.05) is 12.3 Å². The molecule has 0 saturated carbocycles. The second-order valence-corrected chi connectivity index (χ2v) is 3.14. The Labute approximate surface area is 74.6 Å². The molecule has 1 rings (SSSR count). The number of aliphatic carboxylic acids is 1. The normalized spacial score (nSPS) is 11.2. The molecule has 0 atom stereocenters. The van der Waals surface area contributed by atoms with Crippen molar-refractivity contribution in [2.75, 3.05) is 0 Å². The van der Waals surface area contributed by atoms with Crippen LogP contribution in [0.2, 0.25) is 0 Å². The molecular weight excluding hydrogens is 172 g/mol. The Hall–Kier alpha value is -1.65. The summed E-state index contributed by atoms with van der Waals surface area (Å²) in [5.41, 5.74) is -1.73. The van der Waals surface area contributed by atoms with Gasteiger partial charge in [0.15, 0.2) is 5.54 Å². The van der Waals surface area contributed by atoms with E-state index >= 15 is 0 Å². The average Bonchev–Trinajstić information content (AvgIpc) is 2.04. The summed E-state index contributed by atoms with van der Waals surface area (Å²) in [5, 5.41) is 12.5. The molecule has 0 aliphatic rings. The first-order valence-corrected chi connectivity index (χ1v) is 3.74. The van der Waals surface area contributed by atoms with Gasteiger partial charge >= 0.3 is 5.97 Å². The number of aromatic nitrogens is 2. The molecule has 70 valence electrons. The molecule has 5 heteroatoms. The van der Waals surface area contributed by atoms with Crippen molar-refractivity contribution in [1.29, 1.82) is 0 Å². The van der Waals surface area contributed by atoms with Gasteiger partial charge in [-0.25, -0.2) is 9.48 Å². The summed E-state index contributed by atoms with van der Waals surface area (Å²) in [5.74, 6) is -1.09. The lowest BCUT2D eigenvalue weighted by molar-refractivity contribution is -0.146. The predicted molar refractivity (Wildman–Crippen MR) is 45.5 cm³/mol. The minimum absolute atomic E-state index is 0.421. The Morgan fingerprint density at radius 3 is 2.69 bits per heavy atom. The fraction of sp³-hybridized carbons (Fsp3) is 0.375. The third kappa shape index (κ3) is 1.58. The molecule has 0 bridgehead atoms. The SMILES string of the molecule is CC(C)(C(=O)O)n1ncccc1=O.